The molecule has 11 heteroatoms. The number of anilines is 1. The smallest absolute Gasteiger partial charge is 0.356 e. The van der Waals surface area contributed by atoms with E-state index in [0.29, 0.717) is 5.69 Å². The predicted molar refractivity (Wildman–Crippen MR) is 114 cm³/mol. The third-order valence-electron chi connectivity index (χ3n) is 5.69. The van der Waals surface area contributed by atoms with E-state index in [2.05, 4.69) is 29.8 Å². The zero-order valence-electron chi connectivity index (χ0n) is 16.7. The first-order valence-electron chi connectivity index (χ1n) is 9.85. The van der Waals surface area contributed by atoms with Gasteiger partial charge < -0.3 is 14.9 Å². The number of imidazole rings is 1. The van der Waals surface area contributed by atoms with Crippen LogP contribution in [-0.2, 0) is 6.18 Å². The van der Waals surface area contributed by atoms with Gasteiger partial charge in [-0.1, -0.05) is 0 Å². The van der Waals surface area contributed by atoms with Gasteiger partial charge in [0.05, 0.1) is 22.8 Å². The number of hydrogen-bond donors (Lipinski definition) is 2. The number of aromatic nitrogens is 5. The second-order valence-corrected chi connectivity index (χ2v) is 7.57. The molecule has 1 aliphatic heterocycles. The van der Waals surface area contributed by atoms with E-state index in [1.165, 1.54) is 18.6 Å². The second-order valence-electron chi connectivity index (χ2n) is 7.57. The van der Waals surface area contributed by atoms with Gasteiger partial charge in [0.1, 0.15) is 29.4 Å². The molecule has 1 saturated heterocycles. The Labute approximate surface area is 186 Å². The van der Waals surface area contributed by atoms with Crippen LogP contribution >= 0.6 is 12.4 Å². The molecule has 4 aromatic rings. The maximum absolute atomic E-state index is 13.6. The number of benzene rings is 1. The highest BCUT2D eigenvalue weighted by atomic mass is 35.5. The van der Waals surface area contributed by atoms with Crippen molar-refractivity contribution in [3.63, 3.8) is 0 Å². The van der Waals surface area contributed by atoms with Crippen molar-refractivity contribution in [2.75, 3.05) is 18.0 Å². The summed E-state index contributed by atoms with van der Waals surface area (Å²) in [6, 6.07) is 4.92. The molecule has 0 radical (unpaired) electrons. The summed E-state index contributed by atoms with van der Waals surface area (Å²) < 4.78 is 52.6. The van der Waals surface area contributed by atoms with Crippen LogP contribution in [0.5, 0.6) is 0 Å². The number of rotatable bonds is 3. The van der Waals surface area contributed by atoms with Gasteiger partial charge in [0.25, 0.3) is 0 Å². The van der Waals surface area contributed by atoms with Crippen LogP contribution in [0.3, 0.4) is 0 Å². The van der Waals surface area contributed by atoms with Gasteiger partial charge >= 0.3 is 6.18 Å². The number of halogens is 5. The summed E-state index contributed by atoms with van der Waals surface area (Å²) >= 11 is 0. The molecular formula is C21H19ClF4N6. The van der Waals surface area contributed by atoms with Crippen LogP contribution in [0.1, 0.15) is 30.1 Å². The first-order chi connectivity index (χ1) is 14.9. The second kappa shape index (κ2) is 8.42. The van der Waals surface area contributed by atoms with Crippen LogP contribution in [-0.4, -0.2) is 38.0 Å². The van der Waals surface area contributed by atoms with Crippen LogP contribution in [0.25, 0.3) is 22.3 Å². The summed E-state index contributed by atoms with van der Waals surface area (Å²) in [4.78, 5) is 21.4. The molecule has 0 spiro atoms. The third-order valence-corrected chi connectivity index (χ3v) is 5.69. The Bertz CT molecular complexity index is 1230. The Morgan fingerprint density at radius 3 is 2.56 bits per heavy atom. The number of piperidine rings is 1. The molecule has 5 rings (SSSR count). The van der Waals surface area contributed by atoms with E-state index in [-0.39, 0.29) is 23.9 Å². The number of fused-ring (bicyclic) bond motifs is 1. The molecule has 1 aromatic carbocycles. The standard InChI is InChI=1S/C21H18F4N6.ClH/c22-16-2-1-13(9-15(16)21(23,24)25)17-10-27-18(30-17)12-4-7-31(8-5-12)20-14-3-6-26-19(14)28-11-29-20;/h1-3,6,9-12H,4-5,7-8H2,(H,27,30)(H,26,28,29);1H. The summed E-state index contributed by atoms with van der Waals surface area (Å²) in [5, 5.41) is 0.970. The van der Waals surface area contributed by atoms with Crippen molar-refractivity contribution in [2.45, 2.75) is 24.9 Å². The number of nitrogens with one attached hydrogen (secondary N) is 2. The lowest BCUT2D eigenvalue weighted by molar-refractivity contribution is -0.139. The number of alkyl halides is 3. The highest BCUT2D eigenvalue weighted by Gasteiger charge is 2.34. The number of hydrogen-bond acceptors (Lipinski definition) is 4. The molecule has 1 aliphatic rings. The van der Waals surface area contributed by atoms with Crippen molar-refractivity contribution < 1.29 is 17.6 Å². The first-order valence-corrected chi connectivity index (χ1v) is 9.85. The number of aromatic amines is 2. The fourth-order valence-electron chi connectivity index (χ4n) is 4.08. The van der Waals surface area contributed by atoms with Crippen molar-refractivity contribution in [2.24, 2.45) is 0 Å². The third kappa shape index (κ3) is 4.02. The largest absolute Gasteiger partial charge is 0.419 e. The molecule has 32 heavy (non-hydrogen) atoms. The average molecular weight is 467 g/mol. The molecule has 4 heterocycles. The predicted octanol–water partition coefficient (Wildman–Crippen LogP) is 5.31. The van der Waals surface area contributed by atoms with E-state index in [4.69, 9.17) is 0 Å². The minimum absolute atomic E-state index is 0. The molecule has 0 aliphatic carbocycles. The minimum Gasteiger partial charge on any atom is -0.356 e. The molecule has 2 N–H and O–H groups in total. The molecule has 0 bridgehead atoms. The van der Waals surface area contributed by atoms with Crippen LogP contribution in [0.15, 0.2) is 43.0 Å². The fraction of sp³-hybridized carbons (Fsp3) is 0.286. The van der Waals surface area contributed by atoms with Crippen LogP contribution in [0.4, 0.5) is 23.4 Å². The normalized spacial score (nSPS) is 15.2. The topological polar surface area (TPSA) is 73.5 Å². The van der Waals surface area contributed by atoms with Gasteiger partial charge in [-0.3, -0.25) is 0 Å². The summed E-state index contributed by atoms with van der Waals surface area (Å²) in [7, 11) is 0. The molecule has 0 amide bonds. The maximum atomic E-state index is 13.6. The molecular weight excluding hydrogens is 448 g/mol. The Balaban J connectivity index is 0.00000245. The summed E-state index contributed by atoms with van der Waals surface area (Å²) in [6.45, 7) is 1.54. The van der Waals surface area contributed by atoms with Gasteiger partial charge in [0, 0.05) is 30.8 Å². The zero-order chi connectivity index (χ0) is 21.6. The van der Waals surface area contributed by atoms with E-state index in [0.717, 1.165) is 60.7 Å². The Hall–Kier alpha value is -3.14. The maximum Gasteiger partial charge on any atom is 0.419 e. The summed E-state index contributed by atoms with van der Waals surface area (Å²) in [5.41, 5.74) is 0.198. The SMILES string of the molecule is Cl.Fc1ccc(-c2cnc(C3CCN(c4ncnc5[nH]ccc45)CC3)[nH]2)cc1C(F)(F)F. The Kier molecular flexibility index (Phi) is 5.81. The lowest BCUT2D eigenvalue weighted by Gasteiger charge is -2.32. The van der Waals surface area contributed by atoms with Gasteiger partial charge in [0.15, 0.2) is 0 Å². The molecule has 6 nitrogen and oxygen atoms in total. The van der Waals surface area contributed by atoms with E-state index in [1.807, 2.05) is 12.3 Å². The lowest BCUT2D eigenvalue weighted by Crippen LogP contribution is -2.33. The first kappa shape index (κ1) is 22.1. The van der Waals surface area contributed by atoms with Crippen molar-refractivity contribution in [3.05, 3.63) is 60.2 Å². The molecule has 0 unspecified atom stereocenters. The van der Waals surface area contributed by atoms with Crippen molar-refractivity contribution in [1.29, 1.82) is 0 Å². The van der Waals surface area contributed by atoms with E-state index in [9.17, 15) is 17.6 Å². The fourth-order valence-corrected chi connectivity index (χ4v) is 4.08. The highest BCUT2D eigenvalue weighted by Crippen LogP contribution is 2.35. The molecule has 1 fully saturated rings. The Morgan fingerprint density at radius 1 is 1.03 bits per heavy atom. The van der Waals surface area contributed by atoms with Crippen LogP contribution in [0.2, 0.25) is 0 Å². The van der Waals surface area contributed by atoms with Gasteiger partial charge in [-0.25, -0.2) is 19.3 Å². The lowest BCUT2D eigenvalue weighted by atomic mass is 9.96. The van der Waals surface area contributed by atoms with Crippen molar-refractivity contribution in [3.8, 4) is 11.3 Å². The zero-order valence-corrected chi connectivity index (χ0v) is 17.5. The van der Waals surface area contributed by atoms with E-state index >= 15 is 0 Å². The van der Waals surface area contributed by atoms with Crippen molar-refractivity contribution in [1.82, 2.24) is 24.9 Å². The molecule has 168 valence electrons. The van der Waals surface area contributed by atoms with Crippen molar-refractivity contribution >= 4 is 29.3 Å². The van der Waals surface area contributed by atoms with Gasteiger partial charge in [0.2, 0.25) is 0 Å². The number of nitrogens with zero attached hydrogens (tertiary/aromatic N) is 4. The monoisotopic (exact) mass is 466 g/mol. The van der Waals surface area contributed by atoms with Gasteiger partial charge in [-0.15, -0.1) is 12.4 Å². The number of H-pyrrole nitrogens is 2. The van der Waals surface area contributed by atoms with E-state index < -0.39 is 17.6 Å². The summed E-state index contributed by atoms with van der Waals surface area (Å²) in [6.07, 6.45) is 1.77. The highest BCUT2D eigenvalue weighted by molar-refractivity contribution is 5.87. The quantitative estimate of drug-likeness (QED) is 0.401. The average Bonchev–Trinajstić information content (AvgIpc) is 3.43. The van der Waals surface area contributed by atoms with Gasteiger partial charge in [-0.2, -0.15) is 13.2 Å². The molecule has 0 atom stereocenters. The summed E-state index contributed by atoms with van der Waals surface area (Å²) in [5.74, 6) is 0.471. The van der Waals surface area contributed by atoms with Crippen LogP contribution in [0, 0.1) is 5.82 Å². The van der Waals surface area contributed by atoms with E-state index in [1.54, 1.807) is 0 Å². The minimum atomic E-state index is -4.75. The molecule has 0 saturated carbocycles. The van der Waals surface area contributed by atoms with Crippen LogP contribution < -0.4 is 4.90 Å². The Morgan fingerprint density at radius 2 is 1.81 bits per heavy atom. The molecule has 3 aromatic heterocycles. The van der Waals surface area contributed by atoms with Gasteiger partial charge in [-0.05, 0) is 37.1 Å².